The molecule has 1 aliphatic rings. The molecule has 0 N–H and O–H groups in total. The molecule has 0 saturated heterocycles. The molecule has 1 heterocycles. The Labute approximate surface area is 49.6 Å². The van der Waals surface area contributed by atoms with E-state index >= 15 is 0 Å². The van der Waals surface area contributed by atoms with E-state index in [2.05, 4.69) is 6.58 Å². The van der Waals surface area contributed by atoms with Crippen molar-refractivity contribution in [2.45, 2.75) is 6.92 Å². The van der Waals surface area contributed by atoms with Gasteiger partial charge in [0.15, 0.2) is 0 Å². The number of hydrogen-bond donors (Lipinski definition) is 0. The van der Waals surface area contributed by atoms with E-state index in [9.17, 15) is 0 Å². The third-order valence-electron chi connectivity index (χ3n) is 1.10. The number of allylic oxidation sites excluding steroid dienone is 2. The Balaban J connectivity index is 2.51. The normalized spacial score (nSPS) is 16.6. The molecule has 0 radical (unpaired) electrons. The standard InChI is InChI=1S/C7H9N/c1-3-7(4-2)8-5-6-8/h3-6H,1H2,2H3/b7-4+. The van der Waals surface area contributed by atoms with Gasteiger partial charge in [-0.3, -0.25) is 0 Å². The van der Waals surface area contributed by atoms with Gasteiger partial charge in [-0.1, -0.05) is 12.7 Å². The minimum Gasteiger partial charge on any atom is -0.321 e. The highest BCUT2D eigenvalue weighted by molar-refractivity contribution is 5.25. The fourth-order valence-corrected chi connectivity index (χ4v) is 0.578. The van der Waals surface area contributed by atoms with Crippen molar-refractivity contribution in [1.82, 2.24) is 4.90 Å². The summed E-state index contributed by atoms with van der Waals surface area (Å²) >= 11 is 0. The van der Waals surface area contributed by atoms with Gasteiger partial charge in [0, 0.05) is 18.1 Å². The van der Waals surface area contributed by atoms with Crippen molar-refractivity contribution >= 4 is 0 Å². The molecule has 0 aromatic heterocycles. The van der Waals surface area contributed by atoms with Crippen LogP contribution in [0.15, 0.2) is 36.8 Å². The average molecular weight is 107 g/mol. The first-order chi connectivity index (χ1) is 3.88. The van der Waals surface area contributed by atoms with Crippen LogP contribution in [-0.2, 0) is 0 Å². The van der Waals surface area contributed by atoms with E-state index < -0.39 is 0 Å². The van der Waals surface area contributed by atoms with E-state index in [0.29, 0.717) is 0 Å². The number of hydrogen-bond acceptors (Lipinski definition) is 1. The highest BCUT2D eigenvalue weighted by atomic mass is 15.2. The first-order valence-electron chi connectivity index (χ1n) is 2.64. The molecule has 0 aromatic rings. The van der Waals surface area contributed by atoms with E-state index in [0.717, 1.165) is 5.70 Å². The van der Waals surface area contributed by atoms with Crippen LogP contribution in [0.4, 0.5) is 0 Å². The van der Waals surface area contributed by atoms with E-state index in [4.69, 9.17) is 0 Å². The largest absolute Gasteiger partial charge is 0.321 e. The number of nitrogens with zero attached hydrogens (tertiary/aromatic N) is 1. The summed E-state index contributed by atoms with van der Waals surface area (Å²) in [5, 5.41) is 0. The summed E-state index contributed by atoms with van der Waals surface area (Å²) in [6.45, 7) is 5.64. The Kier molecular flexibility index (Phi) is 1.20. The zero-order valence-corrected chi connectivity index (χ0v) is 4.96. The summed E-state index contributed by atoms with van der Waals surface area (Å²) in [4.78, 5) is 2.02. The van der Waals surface area contributed by atoms with E-state index in [1.54, 1.807) is 0 Å². The molecule has 0 saturated carbocycles. The van der Waals surface area contributed by atoms with Crippen LogP contribution in [0.5, 0.6) is 0 Å². The van der Waals surface area contributed by atoms with Gasteiger partial charge < -0.3 is 4.90 Å². The van der Waals surface area contributed by atoms with Gasteiger partial charge in [0.25, 0.3) is 0 Å². The van der Waals surface area contributed by atoms with Gasteiger partial charge in [-0.05, 0) is 13.0 Å². The maximum absolute atomic E-state index is 3.64. The average Bonchev–Trinajstić information content (AvgIpc) is 2.53. The summed E-state index contributed by atoms with van der Waals surface area (Å²) in [6, 6.07) is 0. The van der Waals surface area contributed by atoms with E-state index in [1.165, 1.54) is 0 Å². The molecule has 1 heteroatoms. The summed E-state index contributed by atoms with van der Waals surface area (Å²) in [5.41, 5.74) is 1.16. The molecule has 0 amide bonds. The smallest absolute Gasteiger partial charge is 0.0402 e. The van der Waals surface area contributed by atoms with Crippen LogP contribution in [0, 0.1) is 0 Å². The van der Waals surface area contributed by atoms with Gasteiger partial charge in [-0.15, -0.1) is 0 Å². The summed E-state index contributed by atoms with van der Waals surface area (Å²) < 4.78 is 0. The Bertz CT molecular complexity index is 148. The third-order valence-corrected chi connectivity index (χ3v) is 1.10. The van der Waals surface area contributed by atoms with Crippen LogP contribution in [0.25, 0.3) is 0 Å². The molecular weight excluding hydrogens is 98.1 g/mol. The minimum absolute atomic E-state index is 1.16. The molecule has 0 atom stereocenters. The van der Waals surface area contributed by atoms with Crippen LogP contribution in [0.1, 0.15) is 6.92 Å². The fourth-order valence-electron chi connectivity index (χ4n) is 0.578. The van der Waals surface area contributed by atoms with Gasteiger partial charge >= 0.3 is 0 Å². The first-order valence-corrected chi connectivity index (χ1v) is 2.64. The van der Waals surface area contributed by atoms with Gasteiger partial charge in [0.1, 0.15) is 0 Å². The molecule has 8 heavy (non-hydrogen) atoms. The van der Waals surface area contributed by atoms with Crippen molar-refractivity contribution in [2.24, 2.45) is 0 Å². The molecular formula is C7H9N. The van der Waals surface area contributed by atoms with Crippen LogP contribution in [-0.4, -0.2) is 4.90 Å². The molecule has 0 spiro atoms. The number of rotatable bonds is 2. The zero-order valence-electron chi connectivity index (χ0n) is 4.96. The lowest BCUT2D eigenvalue weighted by atomic mass is 10.4. The Morgan fingerprint density at radius 1 is 1.62 bits per heavy atom. The second kappa shape index (κ2) is 1.86. The summed E-state index contributed by atoms with van der Waals surface area (Å²) in [7, 11) is 0. The van der Waals surface area contributed by atoms with Gasteiger partial charge in [-0.25, -0.2) is 0 Å². The molecule has 0 bridgehead atoms. The molecule has 0 aliphatic carbocycles. The van der Waals surface area contributed by atoms with Crippen LogP contribution >= 0.6 is 0 Å². The van der Waals surface area contributed by atoms with Crippen LogP contribution < -0.4 is 0 Å². The van der Waals surface area contributed by atoms with Crippen LogP contribution in [0.3, 0.4) is 0 Å². The Hall–Kier alpha value is -0.980. The maximum atomic E-state index is 3.64. The minimum atomic E-state index is 1.16. The third kappa shape index (κ3) is 0.808. The fraction of sp³-hybridized carbons (Fsp3) is 0.143. The topological polar surface area (TPSA) is 3.01 Å². The maximum Gasteiger partial charge on any atom is 0.0402 e. The second-order valence-corrected chi connectivity index (χ2v) is 1.62. The molecule has 1 aliphatic heterocycles. The highest BCUT2D eigenvalue weighted by Gasteiger charge is 2.05. The van der Waals surface area contributed by atoms with Crippen molar-refractivity contribution in [2.75, 3.05) is 0 Å². The predicted molar refractivity (Wildman–Crippen MR) is 34.9 cm³/mol. The molecule has 1 rings (SSSR count). The predicted octanol–water partition coefficient (Wildman–Crippen LogP) is 1.86. The van der Waals surface area contributed by atoms with Gasteiger partial charge in [0.05, 0.1) is 0 Å². The quantitative estimate of drug-likeness (QED) is 0.487. The highest BCUT2D eigenvalue weighted by Crippen LogP contribution is 2.15. The molecule has 1 nitrogen and oxygen atoms in total. The molecule has 0 unspecified atom stereocenters. The monoisotopic (exact) mass is 107 g/mol. The van der Waals surface area contributed by atoms with Crippen LogP contribution in [0.2, 0.25) is 0 Å². The van der Waals surface area contributed by atoms with Crippen molar-refractivity contribution in [3.63, 3.8) is 0 Å². The summed E-state index contributed by atoms with van der Waals surface area (Å²) in [5.74, 6) is 0. The Morgan fingerprint density at radius 2 is 2.25 bits per heavy atom. The zero-order chi connectivity index (χ0) is 5.98. The summed E-state index contributed by atoms with van der Waals surface area (Å²) in [6.07, 6.45) is 7.85. The van der Waals surface area contributed by atoms with Crippen molar-refractivity contribution in [3.05, 3.63) is 36.8 Å². The van der Waals surface area contributed by atoms with Gasteiger partial charge in [-0.2, -0.15) is 0 Å². The van der Waals surface area contributed by atoms with Crippen molar-refractivity contribution < 1.29 is 0 Å². The van der Waals surface area contributed by atoms with Crippen molar-refractivity contribution in [1.29, 1.82) is 0 Å². The lowest BCUT2D eigenvalue weighted by Crippen LogP contribution is -1.89. The van der Waals surface area contributed by atoms with E-state index in [-0.39, 0.29) is 0 Å². The van der Waals surface area contributed by atoms with E-state index in [1.807, 2.05) is 36.4 Å². The first kappa shape index (κ1) is 5.16. The molecule has 0 fully saturated rings. The lowest BCUT2D eigenvalue weighted by molar-refractivity contribution is 0.783. The SMILES string of the molecule is C=C/C(=C\C)N1C=C1. The molecule has 42 valence electrons. The van der Waals surface area contributed by atoms with Gasteiger partial charge in [0.2, 0.25) is 0 Å². The molecule has 0 aromatic carbocycles. The lowest BCUT2D eigenvalue weighted by Gasteiger charge is -1.99. The second-order valence-electron chi connectivity index (χ2n) is 1.62. The van der Waals surface area contributed by atoms with Crippen molar-refractivity contribution in [3.8, 4) is 0 Å². The Morgan fingerprint density at radius 3 is 2.38 bits per heavy atom.